The van der Waals surface area contributed by atoms with Crippen molar-refractivity contribution in [1.29, 1.82) is 0 Å². The van der Waals surface area contributed by atoms with E-state index in [1.165, 1.54) is 0 Å². The van der Waals surface area contributed by atoms with Crippen LogP contribution in [-0.2, 0) is 33.2 Å². The third kappa shape index (κ3) is 5.81. The SMILES string of the molecule is C[C@@H]1O[C@@H](O[C@@H]2CCCOC2)[C@H](O)[C@H](O)[C@H]1O[C@@H]1OC[C@@H](O)[C@H](O[C@@H]2OC[C@](O)(CO)[C@H]2O)[C@H]1O. The summed E-state index contributed by atoms with van der Waals surface area (Å²) in [5.74, 6) is 0. The Kier molecular flexibility index (Phi) is 8.99. The first-order chi connectivity index (χ1) is 16.6. The van der Waals surface area contributed by atoms with Crippen molar-refractivity contribution in [1.82, 2.24) is 0 Å². The van der Waals surface area contributed by atoms with E-state index in [0.29, 0.717) is 13.2 Å². The third-order valence-corrected chi connectivity index (χ3v) is 6.81. The number of ether oxygens (including phenoxy) is 7. The van der Waals surface area contributed by atoms with E-state index in [1.54, 1.807) is 6.92 Å². The maximum absolute atomic E-state index is 10.8. The molecule has 4 aliphatic rings. The quantitative estimate of drug-likeness (QED) is 0.173. The van der Waals surface area contributed by atoms with Crippen LogP contribution in [0.2, 0.25) is 0 Å². The number of hydrogen-bond donors (Lipinski definition) is 7. The van der Waals surface area contributed by atoms with Gasteiger partial charge in [-0.25, -0.2) is 0 Å². The third-order valence-electron chi connectivity index (χ3n) is 6.81. The highest BCUT2D eigenvalue weighted by molar-refractivity contribution is 4.96. The average molecular weight is 513 g/mol. The first-order valence-electron chi connectivity index (χ1n) is 11.8. The van der Waals surface area contributed by atoms with Crippen molar-refractivity contribution in [3.63, 3.8) is 0 Å². The van der Waals surface area contributed by atoms with Gasteiger partial charge in [-0.05, 0) is 19.8 Å². The van der Waals surface area contributed by atoms with Gasteiger partial charge in [0.15, 0.2) is 18.9 Å². The molecule has 7 N–H and O–H groups in total. The summed E-state index contributed by atoms with van der Waals surface area (Å²) in [6, 6.07) is 0. The summed E-state index contributed by atoms with van der Waals surface area (Å²) < 4.78 is 38.7. The fourth-order valence-electron chi connectivity index (χ4n) is 4.59. The number of aliphatic hydroxyl groups excluding tert-OH is 6. The second-order valence-corrected chi connectivity index (χ2v) is 9.51. The molecule has 13 atom stereocenters. The molecule has 4 rings (SSSR count). The molecule has 0 saturated carbocycles. The van der Waals surface area contributed by atoms with Crippen molar-refractivity contribution >= 4 is 0 Å². The molecule has 14 nitrogen and oxygen atoms in total. The normalized spacial score (nSPS) is 51.4. The van der Waals surface area contributed by atoms with Crippen LogP contribution in [0.1, 0.15) is 19.8 Å². The molecular formula is C21H36O14. The second kappa shape index (κ2) is 11.4. The van der Waals surface area contributed by atoms with E-state index in [1.807, 2.05) is 0 Å². The topological polar surface area (TPSA) is 206 Å². The average Bonchev–Trinajstić information content (AvgIpc) is 3.13. The van der Waals surface area contributed by atoms with Gasteiger partial charge in [-0.2, -0.15) is 0 Å². The Morgan fingerprint density at radius 2 is 1.60 bits per heavy atom. The summed E-state index contributed by atoms with van der Waals surface area (Å²) in [6.45, 7) is 1.08. The summed E-state index contributed by atoms with van der Waals surface area (Å²) in [6.07, 6.45) is -13.4. The van der Waals surface area contributed by atoms with Crippen molar-refractivity contribution in [3.05, 3.63) is 0 Å². The van der Waals surface area contributed by atoms with Gasteiger partial charge >= 0.3 is 0 Å². The van der Waals surface area contributed by atoms with Gasteiger partial charge in [-0.1, -0.05) is 0 Å². The lowest BCUT2D eigenvalue weighted by Gasteiger charge is -2.45. The van der Waals surface area contributed by atoms with Crippen molar-refractivity contribution < 1.29 is 68.9 Å². The van der Waals surface area contributed by atoms with Gasteiger partial charge in [-0.15, -0.1) is 0 Å². The largest absolute Gasteiger partial charge is 0.393 e. The summed E-state index contributed by atoms with van der Waals surface area (Å²) in [5, 5.41) is 71.9. The van der Waals surface area contributed by atoms with Crippen LogP contribution in [-0.4, -0.2) is 148 Å². The minimum atomic E-state index is -1.95. The van der Waals surface area contributed by atoms with E-state index in [-0.39, 0.29) is 12.7 Å². The molecule has 0 aromatic rings. The molecule has 4 aliphatic heterocycles. The van der Waals surface area contributed by atoms with Crippen molar-refractivity contribution in [2.45, 2.75) is 99.2 Å². The molecule has 4 fully saturated rings. The van der Waals surface area contributed by atoms with Crippen LogP contribution in [0, 0.1) is 0 Å². The number of rotatable bonds is 7. The molecule has 0 unspecified atom stereocenters. The van der Waals surface area contributed by atoms with E-state index in [0.717, 1.165) is 12.8 Å². The van der Waals surface area contributed by atoms with Gasteiger partial charge in [0.2, 0.25) is 0 Å². The lowest BCUT2D eigenvalue weighted by molar-refractivity contribution is -0.357. The minimum Gasteiger partial charge on any atom is -0.393 e. The Bertz CT molecular complexity index is 678. The van der Waals surface area contributed by atoms with Gasteiger partial charge in [0.25, 0.3) is 0 Å². The maximum atomic E-state index is 10.8. The van der Waals surface area contributed by atoms with Crippen LogP contribution in [0.5, 0.6) is 0 Å². The monoisotopic (exact) mass is 512 g/mol. The van der Waals surface area contributed by atoms with Gasteiger partial charge < -0.3 is 68.9 Å². The summed E-state index contributed by atoms with van der Waals surface area (Å²) in [5.41, 5.74) is -1.95. The molecule has 4 saturated heterocycles. The fourth-order valence-corrected chi connectivity index (χ4v) is 4.59. The maximum Gasteiger partial charge on any atom is 0.187 e. The smallest absolute Gasteiger partial charge is 0.187 e. The lowest BCUT2D eigenvalue weighted by atomic mass is 9.98. The van der Waals surface area contributed by atoms with Crippen molar-refractivity contribution in [2.24, 2.45) is 0 Å². The molecule has 0 aromatic heterocycles. The van der Waals surface area contributed by atoms with E-state index in [9.17, 15) is 35.7 Å². The fraction of sp³-hybridized carbons (Fsp3) is 1.00. The van der Waals surface area contributed by atoms with Crippen LogP contribution in [0.4, 0.5) is 0 Å². The highest BCUT2D eigenvalue weighted by Crippen LogP contribution is 2.32. The van der Waals surface area contributed by atoms with Crippen molar-refractivity contribution in [3.8, 4) is 0 Å². The number of hydrogen-bond acceptors (Lipinski definition) is 14. The zero-order chi connectivity index (χ0) is 25.3. The molecule has 0 amide bonds. The van der Waals surface area contributed by atoms with Crippen molar-refractivity contribution in [2.75, 3.05) is 33.0 Å². The van der Waals surface area contributed by atoms with E-state index < -0.39 is 86.5 Å². The standard InChI is InChI=1S/C21H36O14/c1-9-15(12(24)13(25)19(32-9)33-10-3-2-4-29-5-10)34-18-14(26)16(11(23)6-30-18)35-20-17(27)21(28,7-22)8-31-20/h9-20,22-28H,2-8H2,1H3/t9-,10+,11+,12-,13+,14+,15-,16-,17-,18-,19-,20-,21+/m0/s1. The second-order valence-electron chi connectivity index (χ2n) is 9.51. The molecule has 14 heteroatoms. The molecule has 0 bridgehead atoms. The molecule has 4 heterocycles. The molecule has 0 aliphatic carbocycles. The molecular weight excluding hydrogens is 476 g/mol. The van der Waals surface area contributed by atoms with Gasteiger partial charge in [-0.3, -0.25) is 0 Å². The van der Waals surface area contributed by atoms with Gasteiger partial charge in [0, 0.05) is 6.61 Å². The summed E-state index contributed by atoms with van der Waals surface area (Å²) in [4.78, 5) is 0. The predicted octanol–water partition coefficient (Wildman–Crippen LogP) is -4.06. The van der Waals surface area contributed by atoms with Gasteiger partial charge in [0.05, 0.1) is 38.6 Å². The summed E-state index contributed by atoms with van der Waals surface area (Å²) >= 11 is 0. The Morgan fingerprint density at radius 3 is 2.26 bits per heavy atom. The van der Waals surface area contributed by atoms with Crippen LogP contribution in [0.3, 0.4) is 0 Å². The highest BCUT2D eigenvalue weighted by atomic mass is 16.8. The Balaban J connectivity index is 1.35. The zero-order valence-corrected chi connectivity index (χ0v) is 19.4. The Labute approximate surface area is 201 Å². The summed E-state index contributed by atoms with van der Waals surface area (Å²) in [7, 11) is 0. The van der Waals surface area contributed by atoms with E-state index >= 15 is 0 Å². The van der Waals surface area contributed by atoms with E-state index in [2.05, 4.69) is 0 Å². The first-order valence-corrected chi connectivity index (χ1v) is 11.8. The minimum absolute atomic E-state index is 0.278. The highest BCUT2D eigenvalue weighted by Gasteiger charge is 2.53. The van der Waals surface area contributed by atoms with Crippen LogP contribution in [0.25, 0.3) is 0 Å². The molecule has 0 radical (unpaired) electrons. The van der Waals surface area contributed by atoms with Gasteiger partial charge in [0.1, 0.15) is 48.3 Å². The van der Waals surface area contributed by atoms with Crippen LogP contribution in [0.15, 0.2) is 0 Å². The molecule has 0 aromatic carbocycles. The molecule has 0 spiro atoms. The number of aliphatic hydroxyl groups is 7. The van der Waals surface area contributed by atoms with Crippen LogP contribution >= 0.6 is 0 Å². The predicted molar refractivity (Wildman–Crippen MR) is 111 cm³/mol. The Morgan fingerprint density at radius 1 is 0.857 bits per heavy atom. The molecule has 204 valence electrons. The van der Waals surface area contributed by atoms with E-state index in [4.69, 9.17) is 33.2 Å². The molecule has 35 heavy (non-hydrogen) atoms. The zero-order valence-electron chi connectivity index (χ0n) is 19.4. The Hall–Kier alpha value is -0.560. The lowest BCUT2D eigenvalue weighted by Crippen LogP contribution is -2.63. The first kappa shape index (κ1) is 27.5. The van der Waals surface area contributed by atoms with Crippen LogP contribution < -0.4 is 0 Å².